The van der Waals surface area contributed by atoms with Crippen molar-refractivity contribution in [2.24, 2.45) is 5.73 Å². The lowest BCUT2D eigenvalue weighted by molar-refractivity contribution is 0.397. The number of rotatable bonds is 3. The molecular weight excluding hydrogens is 176 g/mol. The fourth-order valence-corrected chi connectivity index (χ4v) is 1.06. The van der Waals surface area contributed by atoms with E-state index in [1.54, 1.807) is 26.3 Å². The molecule has 74 valence electrons. The predicted molar refractivity (Wildman–Crippen MR) is 55.8 cm³/mol. The summed E-state index contributed by atoms with van der Waals surface area (Å²) < 4.78 is 4.95. The first-order valence-corrected chi connectivity index (χ1v) is 4.43. The van der Waals surface area contributed by atoms with Crippen molar-refractivity contribution in [3.8, 4) is 17.7 Å². The maximum atomic E-state index is 5.89. The maximum Gasteiger partial charge on any atom is 0.212 e. The summed E-state index contributed by atoms with van der Waals surface area (Å²) in [4.78, 5) is 4.08. The number of hydrogen-bond donors (Lipinski definition) is 1. The van der Waals surface area contributed by atoms with Gasteiger partial charge < -0.3 is 10.5 Å². The van der Waals surface area contributed by atoms with E-state index in [2.05, 4.69) is 16.8 Å². The molecule has 0 aliphatic rings. The zero-order valence-corrected chi connectivity index (χ0v) is 8.45. The summed E-state index contributed by atoms with van der Waals surface area (Å²) in [6, 6.07) is 3.64. The van der Waals surface area contributed by atoms with E-state index in [1.165, 1.54) is 0 Å². The minimum atomic E-state index is -0.0687. The van der Waals surface area contributed by atoms with E-state index in [4.69, 9.17) is 10.5 Å². The molecule has 0 bridgehead atoms. The SMILES string of the molecule is CC#CCC(N)c1ccc(OC)nc1. The number of methoxy groups -OCH3 is 1. The number of nitrogens with two attached hydrogens (primary N) is 1. The molecule has 1 aromatic heterocycles. The average molecular weight is 190 g/mol. The van der Waals surface area contributed by atoms with Crippen molar-refractivity contribution in [2.45, 2.75) is 19.4 Å². The van der Waals surface area contributed by atoms with E-state index in [-0.39, 0.29) is 6.04 Å². The fraction of sp³-hybridized carbons (Fsp3) is 0.364. The van der Waals surface area contributed by atoms with Crippen molar-refractivity contribution in [1.29, 1.82) is 0 Å². The van der Waals surface area contributed by atoms with Crippen LogP contribution in [0.25, 0.3) is 0 Å². The monoisotopic (exact) mass is 190 g/mol. The number of aromatic nitrogens is 1. The van der Waals surface area contributed by atoms with Crippen LogP contribution >= 0.6 is 0 Å². The Morgan fingerprint density at radius 1 is 1.57 bits per heavy atom. The van der Waals surface area contributed by atoms with Crippen LogP contribution in [0, 0.1) is 11.8 Å². The van der Waals surface area contributed by atoms with Crippen molar-refractivity contribution in [1.82, 2.24) is 4.98 Å². The Balaban J connectivity index is 2.69. The molecule has 2 N–H and O–H groups in total. The normalized spacial score (nSPS) is 11.4. The lowest BCUT2D eigenvalue weighted by atomic mass is 10.1. The third-order valence-electron chi connectivity index (χ3n) is 1.90. The van der Waals surface area contributed by atoms with Crippen LogP contribution in [0.3, 0.4) is 0 Å². The van der Waals surface area contributed by atoms with E-state index >= 15 is 0 Å². The topological polar surface area (TPSA) is 48.1 Å². The van der Waals surface area contributed by atoms with E-state index < -0.39 is 0 Å². The third-order valence-corrected chi connectivity index (χ3v) is 1.90. The summed E-state index contributed by atoms with van der Waals surface area (Å²) in [6.45, 7) is 1.80. The molecule has 0 saturated carbocycles. The molecule has 0 saturated heterocycles. The van der Waals surface area contributed by atoms with Crippen molar-refractivity contribution in [3.63, 3.8) is 0 Å². The largest absolute Gasteiger partial charge is 0.481 e. The van der Waals surface area contributed by atoms with Crippen LogP contribution in [-0.2, 0) is 0 Å². The minimum Gasteiger partial charge on any atom is -0.481 e. The van der Waals surface area contributed by atoms with E-state index in [9.17, 15) is 0 Å². The highest BCUT2D eigenvalue weighted by Gasteiger charge is 2.04. The lowest BCUT2D eigenvalue weighted by Gasteiger charge is -2.07. The first-order chi connectivity index (χ1) is 6.77. The second-order valence-corrected chi connectivity index (χ2v) is 2.87. The van der Waals surface area contributed by atoms with Gasteiger partial charge in [-0.15, -0.1) is 11.8 Å². The van der Waals surface area contributed by atoms with E-state index in [0.717, 1.165) is 5.56 Å². The van der Waals surface area contributed by atoms with Gasteiger partial charge in [-0.25, -0.2) is 4.98 Å². The Hall–Kier alpha value is -1.53. The molecule has 0 aliphatic heterocycles. The molecule has 1 atom stereocenters. The Kier molecular flexibility index (Phi) is 3.96. The van der Waals surface area contributed by atoms with Gasteiger partial charge in [0.15, 0.2) is 0 Å². The van der Waals surface area contributed by atoms with Crippen LogP contribution < -0.4 is 10.5 Å². The van der Waals surface area contributed by atoms with Crippen LogP contribution in [0.2, 0.25) is 0 Å². The summed E-state index contributed by atoms with van der Waals surface area (Å²) in [7, 11) is 1.59. The summed E-state index contributed by atoms with van der Waals surface area (Å²) in [5.41, 5.74) is 6.87. The molecule has 1 heterocycles. The number of pyridine rings is 1. The summed E-state index contributed by atoms with van der Waals surface area (Å²) in [5.74, 6) is 6.36. The van der Waals surface area contributed by atoms with E-state index in [0.29, 0.717) is 12.3 Å². The Morgan fingerprint density at radius 2 is 2.36 bits per heavy atom. The van der Waals surface area contributed by atoms with Gasteiger partial charge in [-0.2, -0.15) is 0 Å². The molecule has 1 aromatic rings. The van der Waals surface area contributed by atoms with E-state index in [1.807, 2.05) is 6.07 Å². The highest BCUT2D eigenvalue weighted by atomic mass is 16.5. The van der Waals surface area contributed by atoms with Gasteiger partial charge >= 0.3 is 0 Å². The van der Waals surface area contributed by atoms with Crippen LogP contribution in [0.4, 0.5) is 0 Å². The van der Waals surface area contributed by atoms with Gasteiger partial charge in [-0.1, -0.05) is 6.07 Å². The smallest absolute Gasteiger partial charge is 0.212 e. The van der Waals surface area contributed by atoms with Crippen molar-refractivity contribution in [2.75, 3.05) is 7.11 Å². The highest BCUT2D eigenvalue weighted by molar-refractivity contribution is 5.21. The molecule has 1 rings (SSSR count). The van der Waals surface area contributed by atoms with Gasteiger partial charge in [-0.05, 0) is 12.5 Å². The first kappa shape index (κ1) is 10.6. The summed E-state index contributed by atoms with van der Waals surface area (Å²) >= 11 is 0. The Morgan fingerprint density at radius 3 is 2.86 bits per heavy atom. The Labute approximate surface area is 84.3 Å². The standard InChI is InChI=1S/C11H14N2O/c1-3-4-5-10(12)9-6-7-11(14-2)13-8-9/h6-8,10H,5,12H2,1-2H3. The maximum absolute atomic E-state index is 5.89. The number of hydrogen-bond acceptors (Lipinski definition) is 3. The molecule has 0 spiro atoms. The van der Waals surface area contributed by atoms with Gasteiger partial charge in [0.05, 0.1) is 7.11 Å². The minimum absolute atomic E-state index is 0.0687. The molecule has 3 nitrogen and oxygen atoms in total. The van der Waals surface area contributed by atoms with Crippen molar-refractivity contribution < 1.29 is 4.74 Å². The zero-order valence-electron chi connectivity index (χ0n) is 8.45. The molecule has 0 radical (unpaired) electrons. The van der Waals surface area contributed by atoms with Crippen LogP contribution in [0.5, 0.6) is 5.88 Å². The quantitative estimate of drug-likeness (QED) is 0.735. The second-order valence-electron chi connectivity index (χ2n) is 2.87. The molecule has 1 unspecified atom stereocenters. The third kappa shape index (κ3) is 2.75. The predicted octanol–water partition coefficient (Wildman–Crippen LogP) is 1.50. The van der Waals surface area contributed by atoms with Crippen LogP contribution in [0.15, 0.2) is 18.3 Å². The molecule has 0 amide bonds. The van der Waals surface area contributed by atoms with Crippen LogP contribution in [0.1, 0.15) is 24.9 Å². The fourth-order valence-electron chi connectivity index (χ4n) is 1.06. The van der Waals surface area contributed by atoms with Gasteiger partial charge in [0.1, 0.15) is 0 Å². The van der Waals surface area contributed by atoms with Gasteiger partial charge in [0, 0.05) is 24.7 Å². The van der Waals surface area contributed by atoms with Gasteiger partial charge in [0.2, 0.25) is 5.88 Å². The van der Waals surface area contributed by atoms with Crippen molar-refractivity contribution >= 4 is 0 Å². The van der Waals surface area contributed by atoms with Gasteiger partial charge in [-0.3, -0.25) is 0 Å². The first-order valence-electron chi connectivity index (χ1n) is 4.43. The van der Waals surface area contributed by atoms with Crippen LogP contribution in [-0.4, -0.2) is 12.1 Å². The Bertz CT molecular complexity index is 335. The van der Waals surface area contributed by atoms with Crippen molar-refractivity contribution in [3.05, 3.63) is 23.9 Å². The summed E-state index contributed by atoms with van der Waals surface area (Å²) in [5, 5.41) is 0. The molecule has 0 fully saturated rings. The number of ether oxygens (including phenoxy) is 1. The molecule has 0 aromatic carbocycles. The zero-order chi connectivity index (χ0) is 10.4. The number of nitrogens with zero attached hydrogens (tertiary/aromatic N) is 1. The molecule has 3 heteroatoms. The second kappa shape index (κ2) is 5.25. The lowest BCUT2D eigenvalue weighted by Crippen LogP contribution is -2.09. The average Bonchev–Trinajstić information content (AvgIpc) is 2.26. The molecule has 14 heavy (non-hydrogen) atoms. The molecule has 0 aliphatic carbocycles. The summed E-state index contributed by atoms with van der Waals surface area (Å²) in [6.07, 6.45) is 2.38. The van der Waals surface area contributed by atoms with Gasteiger partial charge in [0.25, 0.3) is 0 Å². The molecular formula is C11H14N2O. The highest BCUT2D eigenvalue weighted by Crippen LogP contribution is 2.14.